The molecule has 13 heteroatoms. The molecule has 35 heavy (non-hydrogen) atoms. The Balaban J connectivity index is 1.70. The van der Waals surface area contributed by atoms with Crippen LogP contribution in [-0.2, 0) is 16.0 Å². The van der Waals surface area contributed by atoms with Gasteiger partial charge in [0.1, 0.15) is 5.82 Å². The lowest BCUT2D eigenvalue weighted by molar-refractivity contribution is 0.0547. The van der Waals surface area contributed by atoms with Gasteiger partial charge in [-0.25, -0.2) is 13.2 Å². The molecule has 0 saturated heterocycles. The molecule has 1 aromatic heterocycles. The lowest BCUT2D eigenvalue weighted by atomic mass is 10.2. The van der Waals surface area contributed by atoms with E-state index in [2.05, 4.69) is 25.6 Å². The molecule has 0 radical (unpaired) electrons. The van der Waals surface area contributed by atoms with Crippen molar-refractivity contribution in [3.63, 3.8) is 0 Å². The normalized spacial score (nSPS) is 10.9. The lowest BCUT2D eigenvalue weighted by Gasteiger charge is -2.12. The van der Waals surface area contributed by atoms with Crippen molar-refractivity contribution in [3.05, 3.63) is 65.2 Å². The van der Waals surface area contributed by atoms with Crippen LogP contribution >= 0.6 is 0 Å². The van der Waals surface area contributed by atoms with Crippen molar-refractivity contribution >= 4 is 11.9 Å². The molecule has 0 saturated carbocycles. The molecule has 0 spiro atoms. The summed E-state index contributed by atoms with van der Waals surface area (Å²) < 4.78 is 70.7. The Hall–Kier alpha value is -3.55. The third-order valence-corrected chi connectivity index (χ3v) is 4.31. The summed E-state index contributed by atoms with van der Waals surface area (Å²) in [6.45, 7) is 2.28. The van der Waals surface area contributed by atoms with Crippen LogP contribution in [0.3, 0.4) is 0 Å². The lowest BCUT2D eigenvalue weighted by Crippen LogP contribution is -2.16. The van der Waals surface area contributed by atoms with Crippen LogP contribution in [0.15, 0.2) is 36.4 Å². The van der Waals surface area contributed by atoms with Crippen LogP contribution < -0.4 is 21.1 Å². The van der Waals surface area contributed by atoms with Crippen LogP contribution in [0.4, 0.5) is 29.5 Å². The molecule has 4 N–H and O–H groups in total. The third kappa shape index (κ3) is 8.31. The third-order valence-electron chi connectivity index (χ3n) is 4.31. The number of benzene rings is 2. The summed E-state index contributed by atoms with van der Waals surface area (Å²) in [6.07, 6.45) is 0. The second kappa shape index (κ2) is 13.4. The van der Waals surface area contributed by atoms with Gasteiger partial charge in [-0.05, 0) is 29.8 Å². The number of hydrogen-bond acceptors (Lipinski definition) is 9. The average Bonchev–Trinajstić information content (AvgIpc) is 2.85. The zero-order chi connectivity index (χ0) is 25.0. The summed E-state index contributed by atoms with van der Waals surface area (Å²) >= 11 is 0. The van der Waals surface area contributed by atoms with Gasteiger partial charge in [-0.3, -0.25) is 0 Å². The number of ether oxygens (including phenoxy) is 3. The maximum Gasteiger partial charge on any atom is 0.328 e. The molecule has 0 fully saturated rings. The summed E-state index contributed by atoms with van der Waals surface area (Å²) in [6, 6.07) is 6.68. The molecule has 0 amide bonds. The summed E-state index contributed by atoms with van der Waals surface area (Å²) in [4.78, 5) is 12.1. The highest BCUT2D eigenvalue weighted by molar-refractivity contribution is 5.38. The Morgan fingerprint density at radius 1 is 0.800 bits per heavy atom. The van der Waals surface area contributed by atoms with E-state index in [9.17, 15) is 17.6 Å². The van der Waals surface area contributed by atoms with E-state index in [-0.39, 0.29) is 31.6 Å². The molecule has 188 valence electrons. The molecule has 9 nitrogen and oxygen atoms in total. The van der Waals surface area contributed by atoms with Gasteiger partial charge in [0.05, 0.1) is 26.4 Å². The summed E-state index contributed by atoms with van der Waals surface area (Å²) in [5, 5.41) is 5.73. The highest BCUT2D eigenvalue weighted by Gasteiger charge is 2.18. The van der Waals surface area contributed by atoms with Gasteiger partial charge in [-0.2, -0.15) is 19.3 Å². The van der Waals surface area contributed by atoms with E-state index in [0.717, 1.165) is 0 Å². The first-order valence-corrected chi connectivity index (χ1v) is 10.6. The van der Waals surface area contributed by atoms with Crippen molar-refractivity contribution in [2.45, 2.75) is 6.54 Å². The van der Waals surface area contributed by atoms with Gasteiger partial charge < -0.3 is 30.6 Å². The Morgan fingerprint density at radius 2 is 1.51 bits per heavy atom. The predicted molar refractivity (Wildman–Crippen MR) is 119 cm³/mol. The Morgan fingerprint density at radius 3 is 2.26 bits per heavy atom. The minimum absolute atomic E-state index is 0.00283. The van der Waals surface area contributed by atoms with Crippen molar-refractivity contribution in [2.75, 3.05) is 50.2 Å². The number of nitrogens with two attached hydrogens (primary N) is 1. The monoisotopic (exact) mass is 496 g/mol. The van der Waals surface area contributed by atoms with Crippen LogP contribution in [0.5, 0.6) is 11.8 Å². The standard InChI is InChI=1S/C22H24F4N6O3/c23-15-3-1-2-14(12-15)13-29-21-30-20(28-7-9-34-11-10-33-8-6-27)31-22(32-21)35-19-17(25)5-4-16(24)18(19)26/h1-5,12H,6-11,13,27H2,(H2,28,29,30,31,32). The number of aromatic nitrogens is 3. The molecule has 3 rings (SSSR count). The molecule has 3 aromatic rings. The van der Waals surface area contributed by atoms with Crippen molar-refractivity contribution in [1.82, 2.24) is 15.0 Å². The van der Waals surface area contributed by atoms with E-state index in [0.29, 0.717) is 44.1 Å². The maximum absolute atomic E-state index is 14.0. The minimum Gasteiger partial charge on any atom is -0.418 e. The fraction of sp³-hybridized carbons (Fsp3) is 0.318. The Labute approximate surface area is 198 Å². The quantitative estimate of drug-likeness (QED) is 0.176. The molecule has 0 bridgehead atoms. The first-order chi connectivity index (χ1) is 17.0. The summed E-state index contributed by atoms with van der Waals surface area (Å²) in [5.74, 6) is -5.42. The highest BCUT2D eigenvalue weighted by atomic mass is 19.2. The van der Waals surface area contributed by atoms with E-state index in [1.165, 1.54) is 18.2 Å². The molecule has 0 aliphatic rings. The average molecular weight is 496 g/mol. The second-order valence-electron chi connectivity index (χ2n) is 6.96. The number of anilines is 2. The molecule has 0 aliphatic heterocycles. The second-order valence-corrected chi connectivity index (χ2v) is 6.96. The van der Waals surface area contributed by atoms with Crippen molar-refractivity contribution in [3.8, 4) is 11.8 Å². The van der Waals surface area contributed by atoms with Crippen molar-refractivity contribution < 1.29 is 31.8 Å². The fourth-order valence-electron chi connectivity index (χ4n) is 2.72. The SMILES string of the molecule is NCCOCCOCCNc1nc(NCc2cccc(F)c2)nc(Oc2c(F)ccc(F)c2F)n1. The smallest absolute Gasteiger partial charge is 0.328 e. The van der Waals surface area contributed by atoms with E-state index in [4.69, 9.17) is 19.9 Å². The van der Waals surface area contributed by atoms with Gasteiger partial charge in [-0.1, -0.05) is 12.1 Å². The van der Waals surface area contributed by atoms with Crippen LogP contribution in [0, 0.1) is 23.3 Å². The molecular weight excluding hydrogens is 472 g/mol. The van der Waals surface area contributed by atoms with Gasteiger partial charge in [0.15, 0.2) is 11.6 Å². The molecular formula is C22H24F4N6O3. The van der Waals surface area contributed by atoms with E-state index >= 15 is 0 Å². The maximum atomic E-state index is 14.0. The van der Waals surface area contributed by atoms with Gasteiger partial charge in [0.2, 0.25) is 23.5 Å². The van der Waals surface area contributed by atoms with Crippen LogP contribution in [-0.4, -0.2) is 54.5 Å². The van der Waals surface area contributed by atoms with Crippen LogP contribution in [0.1, 0.15) is 5.56 Å². The van der Waals surface area contributed by atoms with Gasteiger partial charge in [0.25, 0.3) is 0 Å². The van der Waals surface area contributed by atoms with Gasteiger partial charge in [0, 0.05) is 19.6 Å². The minimum atomic E-state index is -1.53. The summed E-state index contributed by atoms with van der Waals surface area (Å²) in [7, 11) is 0. The van der Waals surface area contributed by atoms with Gasteiger partial charge >= 0.3 is 6.01 Å². The zero-order valence-electron chi connectivity index (χ0n) is 18.6. The molecule has 1 heterocycles. The van der Waals surface area contributed by atoms with Crippen molar-refractivity contribution in [1.29, 1.82) is 0 Å². The van der Waals surface area contributed by atoms with Crippen LogP contribution in [0.2, 0.25) is 0 Å². The topological polar surface area (TPSA) is 116 Å². The van der Waals surface area contributed by atoms with E-state index < -0.39 is 35.0 Å². The van der Waals surface area contributed by atoms with E-state index in [1.54, 1.807) is 6.07 Å². The first-order valence-electron chi connectivity index (χ1n) is 10.6. The molecule has 0 aliphatic carbocycles. The zero-order valence-corrected chi connectivity index (χ0v) is 18.6. The molecule has 0 atom stereocenters. The first kappa shape index (κ1) is 26.1. The van der Waals surface area contributed by atoms with Gasteiger partial charge in [-0.15, -0.1) is 0 Å². The fourth-order valence-corrected chi connectivity index (χ4v) is 2.72. The molecule has 0 unspecified atom stereocenters. The van der Waals surface area contributed by atoms with Crippen LogP contribution in [0.25, 0.3) is 0 Å². The number of nitrogens with zero attached hydrogens (tertiary/aromatic N) is 3. The Bertz CT molecular complexity index is 1110. The predicted octanol–water partition coefficient (Wildman–Crippen LogP) is 3.24. The number of halogens is 4. The molecule has 2 aromatic carbocycles. The number of nitrogens with one attached hydrogen (secondary N) is 2. The largest absolute Gasteiger partial charge is 0.418 e. The number of hydrogen-bond donors (Lipinski definition) is 3. The Kier molecular flexibility index (Phi) is 9.95. The highest BCUT2D eigenvalue weighted by Crippen LogP contribution is 2.28. The van der Waals surface area contributed by atoms with Crippen molar-refractivity contribution in [2.24, 2.45) is 5.73 Å². The number of rotatable bonds is 14. The summed E-state index contributed by atoms with van der Waals surface area (Å²) in [5.41, 5.74) is 5.92. The van der Waals surface area contributed by atoms with E-state index in [1.807, 2.05) is 0 Å².